The number of ether oxygens (including phenoxy) is 1. The van der Waals surface area contributed by atoms with E-state index in [9.17, 15) is 4.79 Å². The monoisotopic (exact) mass is 341 g/mol. The zero-order chi connectivity index (χ0) is 18.3. The van der Waals surface area contributed by atoms with Crippen LogP contribution in [0.15, 0.2) is 4.99 Å². The lowest BCUT2D eigenvalue weighted by Gasteiger charge is -2.40. The van der Waals surface area contributed by atoms with Crippen LogP contribution < -0.4 is 10.6 Å². The molecule has 0 saturated carbocycles. The van der Waals surface area contributed by atoms with Gasteiger partial charge in [-0.1, -0.05) is 6.92 Å². The van der Waals surface area contributed by atoms with Gasteiger partial charge >= 0.3 is 6.09 Å². The predicted octanol–water partition coefficient (Wildman–Crippen LogP) is 1.50. The molecule has 0 aliphatic carbocycles. The maximum Gasteiger partial charge on any atom is 0.410 e. The van der Waals surface area contributed by atoms with Crippen LogP contribution in [0.3, 0.4) is 0 Å². The highest BCUT2D eigenvalue weighted by Gasteiger charge is 2.34. The largest absolute Gasteiger partial charge is 0.444 e. The van der Waals surface area contributed by atoms with Gasteiger partial charge in [-0.05, 0) is 41.2 Å². The molecule has 1 aliphatic heterocycles. The van der Waals surface area contributed by atoms with Gasteiger partial charge in [0.05, 0.1) is 6.04 Å². The second-order valence-corrected chi connectivity index (χ2v) is 7.45. The lowest BCUT2D eigenvalue weighted by Crippen LogP contribution is -2.63. The van der Waals surface area contributed by atoms with Gasteiger partial charge in [0.25, 0.3) is 0 Å². The summed E-state index contributed by atoms with van der Waals surface area (Å²) < 4.78 is 5.36. The lowest BCUT2D eigenvalue weighted by atomic mass is 10.1. The molecule has 1 heterocycles. The Kier molecular flexibility index (Phi) is 7.79. The van der Waals surface area contributed by atoms with Gasteiger partial charge in [-0.2, -0.15) is 0 Å². The van der Waals surface area contributed by atoms with E-state index in [1.54, 1.807) is 11.9 Å². The lowest BCUT2D eigenvalue weighted by molar-refractivity contribution is 0.00701. The van der Waals surface area contributed by atoms with Crippen LogP contribution in [-0.2, 0) is 4.74 Å². The third kappa shape index (κ3) is 6.95. The first-order chi connectivity index (χ1) is 11.2. The van der Waals surface area contributed by atoms with Crippen LogP contribution in [0.2, 0.25) is 0 Å². The molecule has 1 fully saturated rings. The fraction of sp³-hybridized carbons (Fsp3) is 0.882. The fourth-order valence-corrected chi connectivity index (χ4v) is 2.53. The summed E-state index contributed by atoms with van der Waals surface area (Å²) in [7, 11) is 1.76. The summed E-state index contributed by atoms with van der Waals surface area (Å²) in [5.41, 5.74) is -0.450. The van der Waals surface area contributed by atoms with Crippen molar-refractivity contribution in [1.82, 2.24) is 20.4 Å². The van der Waals surface area contributed by atoms with Gasteiger partial charge in [0.15, 0.2) is 5.96 Å². The first-order valence-electron chi connectivity index (χ1n) is 8.85. The minimum Gasteiger partial charge on any atom is -0.444 e. The number of carbonyl (C=O) groups excluding carboxylic acids is 1. The average molecular weight is 342 g/mol. The van der Waals surface area contributed by atoms with Crippen molar-refractivity contribution in [3.63, 3.8) is 0 Å². The third-order valence-corrected chi connectivity index (χ3v) is 3.93. The van der Waals surface area contributed by atoms with E-state index in [2.05, 4.69) is 41.3 Å². The Bertz CT molecular complexity index is 425. The Morgan fingerprint density at radius 1 is 1.38 bits per heavy atom. The van der Waals surface area contributed by atoms with E-state index in [-0.39, 0.29) is 12.1 Å². The molecule has 2 N–H and O–H groups in total. The van der Waals surface area contributed by atoms with Gasteiger partial charge in [0, 0.05) is 39.3 Å². The Morgan fingerprint density at radius 2 is 2.00 bits per heavy atom. The number of hydrogen-bond acceptors (Lipinski definition) is 4. The number of likely N-dealkylation sites (tertiary alicyclic amines) is 1. The maximum atomic E-state index is 11.9. The van der Waals surface area contributed by atoms with Crippen molar-refractivity contribution in [3.05, 3.63) is 0 Å². The molecule has 0 unspecified atom stereocenters. The molecular formula is C17H35N5O2. The van der Waals surface area contributed by atoms with Crippen LogP contribution in [0, 0.1) is 0 Å². The number of guanidine groups is 1. The number of carbonyl (C=O) groups is 1. The Labute approximate surface area is 146 Å². The molecular weight excluding hydrogens is 306 g/mol. The Balaban J connectivity index is 2.28. The molecule has 0 atom stereocenters. The van der Waals surface area contributed by atoms with Gasteiger partial charge in [0.1, 0.15) is 5.60 Å². The molecule has 1 saturated heterocycles. The molecule has 24 heavy (non-hydrogen) atoms. The molecule has 1 rings (SSSR count). The van der Waals surface area contributed by atoms with E-state index in [1.807, 2.05) is 20.8 Å². The number of nitrogens with zero attached hydrogens (tertiary/aromatic N) is 3. The Hall–Kier alpha value is -1.50. The minimum absolute atomic E-state index is 0.219. The van der Waals surface area contributed by atoms with Gasteiger partial charge in [-0.3, -0.25) is 9.89 Å². The minimum atomic E-state index is -0.450. The van der Waals surface area contributed by atoms with E-state index >= 15 is 0 Å². The van der Waals surface area contributed by atoms with E-state index in [4.69, 9.17) is 4.74 Å². The van der Waals surface area contributed by atoms with Crippen molar-refractivity contribution in [3.8, 4) is 0 Å². The number of rotatable bonds is 6. The van der Waals surface area contributed by atoms with Crippen LogP contribution in [0.4, 0.5) is 4.79 Å². The second-order valence-electron chi connectivity index (χ2n) is 7.45. The van der Waals surface area contributed by atoms with Crippen LogP contribution in [-0.4, -0.2) is 79.3 Å². The summed E-state index contributed by atoms with van der Waals surface area (Å²) in [6, 6.07) is 0.761. The first kappa shape index (κ1) is 20.5. The number of amides is 1. The molecule has 1 amide bonds. The summed E-state index contributed by atoms with van der Waals surface area (Å²) in [5.74, 6) is 0.781. The molecule has 0 aromatic carbocycles. The highest BCUT2D eigenvalue weighted by molar-refractivity contribution is 5.80. The Morgan fingerprint density at radius 3 is 2.46 bits per heavy atom. The van der Waals surface area contributed by atoms with E-state index in [1.165, 1.54) is 0 Å². The molecule has 140 valence electrons. The first-order valence-corrected chi connectivity index (χ1v) is 8.85. The molecule has 0 spiro atoms. The molecule has 7 nitrogen and oxygen atoms in total. The second kappa shape index (κ2) is 9.11. The predicted molar refractivity (Wildman–Crippen MR) is 98.5 cm³/mol. The maximum absolute atomic E-state index is 11.9. The van der Waals surface area contributed by atoms with Gasteiger partial charge in [-0.15, -0.1) is 0 Å². The molecule has 0 bridgehead atoms. The van der Waals surface area contributed by atoms with Crippen molar-refractivity contribution in [2.45, 2.75) is 59.2 Å². The van der Waals surface area contributed by atoms with Crippen molar-refractivity contribution in [2.75, 3.05) is 39.8 Å². The summed E-state index contributed by atoms with van der Waals surface area (Å²) in [4.78, 5) is 20.3. The van der Waals surface area contributed by atoms with Crippen molar-refractivity contribution in [1.29, 1.82) is 0 Å². The van der Waals surface area contributed by atoms with Crippen molar-refractivity contribution in [2.24, 2.45) is 4.99 Å². The zero-order valence-electron chi connectivity index (χ0n) is 16.3. The molecule has 1 aliphatic rings. The van der Waals surface area contributed by atoms with Crippen LogP contribution in [0.1, 0.15) is 41.5 Å². The smallest absolute Gasteiger partial charge is 0.410 e. The van der Waals surface area contributed by atoms with E-state index < -0.39 is 5.60 Å². The van der Waals surface area contributed by atoms with Gasteiger partial charge < -0.3 is 20.3 Å². The standard InChI is InChI=1S/C17H35N5O2/c1-8-21(13(2)3)10-9-19-15(18-7)20-14-11-22(12-14)16(23)24-17(4,5)6/h13-14H,8-12H2,1-7H3,(H2,18,19,20). The third-order valence-electron chi connectivity index (χ3n) is 3.93. The summed E-state index contributed by atoms with van der Waals surface area (Å²) >= 11 is 0. The van der Waals surface area contributed by atoms with E-state index in [0.717, 1.165) is 25.6 Å². The molecule has 0 aromatic heterocycles. The van der Waals surface area contributed by atoms with Gasteiger partial charge in [0.2, 0.25) is 0 Å². The summed E-state index contributed by atoms with van der Waals surface area (Å²) in [5, 5.41) is 6.68. The fourth-order valence-electron chi connectivity index (χ4n) is 2.53. The summed E-state index contributed by atoms with van der Waals surface area (Å²) in [6.45, 7) is 16.4. The summed E-state index contributed by atoms with van der Waals surface area (Å²) in [6.07, 6.45) is -0.251. The molecule has 0 aromatic rings. The SMILES string of the molecule is CCN(CCNC(=NC)NC1CN(C(=O)OC(C)(C)C)C1)C(C)C. The number of hydrogen-bond donors (Lipinski definition) is 2. The highest BCUT2D eigenvalue weighted by Crippen LogP contribution is 2.15. The topological polar surface area (TPSA) is 69.2 Å². The average Bonchev–Trinajstić information content (AvgIpc) is 2.41. The zero-order valence-corrected chi connectivity index (χ0v) is 16.3. The number of likely N-dealkylation sites (N-methyl/N-ethyl adjacent to an activating group) is 1. The molecule has 7 heteroatoms. The van der Waals surface area contributed by atoms with Crippen molar-refractivity contribution < 1.29 is 9.53 Å². The van der Waals surface area contributed by atoms with E-state index in [0.29, 0.717) is 19.1 Å². The van der Waals surface area contributed by atoms with Gasteiger partial charge in [-0.25, -0.2) is 4.79 Å². The number of nitrogens with one attached hydrogen (secondary N) is 2. The van der Waals surface area contributed by atoms with Crippen LogP contribution >= 0.6 is 0 Å². The van der Waals surface area contributed by atoms with Crippen LogP contribution in [0.25, 0.3) is 0 Å². The normalized spacial score (nSPS) is 16.4. The molecule has 0 radical (unpaired) electrons. The quantitative estimate of drug-likeness (QED) is 0.566. The van der Waals surface area contributed by atoms with Crippen LogP contribution in [0.5, 0.6) is 0 Å². The highest BCUT2D eigenvalue weighted by atomic mass is 16.6. The number of aliphatic imine (C=N–C) groups is 1. The van der Waals surface area contributed by atoms with Crippen molar-refractivity contribution >= 4 is 12.1 Å².